The largest absolute Gasteiger partial charge is 0.381 e. The molecule has 5 atom stereocenters. The second-order valence-electron chi connectivity index (χ2n) is 11.0. The first-order valence-electron chi connectivity index (χ1n) is 13.2. The molecule has 6 N–H and O–H groups in total. The van der Waals surface area contributed by atoms with Crippen molar-refractivity contribution in [2.75, 3.05) is 26.7 Å². The van der Waals surface area contributed by atoms with Gasteiger partial charge in [0.2, 0.25) is 5.91 Å². The standard InChI is InChI=1S/C25H43FN6O2/c1-34-18-6-12-32(13-7-18)21-5-11-29-16-20(21)31-24(33)22(23(27)28)19-14-25(8-2-3-9-25)10-4-17(26)15-30-19/h11,16-23,30H,2-10,12-15,27-28H2,1H3/p+1. The summed E-state index contributed by atoms with van der Waals surface area (Å²) in [7, 11) is 1.77. The van der Waals surface area contributed by atoms with Gasteiger partial charge in [-0.1, -0.05) is 12.8 Å². The number of alkyl halides is 1. The molecule has 3 heterocycles. The highest BCUT2D eigenvalue weighted by Gasteiger charge is 2.44. The average molecular weight is 480 g/mol. The number of nitrogens with zero attached hydrogens (tertiary/aromatic N) is 2. The lowest BCUT2D eigenvalue weighted by molar-refractivity contribution is -0.128. The van der Waals surface area contributed by atoms with E-state index in [1.807, 2.05) is 12.4 Å². The fourth-order valence-corrected chi connectivity index (χ4v) is 6.73. The molecule has 0 aromatic carbocycles. The van der Waals surface area contributed by atoms with Crippen LogP contribution in [-0.2, 0) is 9.53 Å². The Kier molecular flexibility index (Phi) is 8.77. The molecule has 1 spiro atoms. The van der Waals surface area contributed by atoms with E-state index < -0.39 is 18.3 Å². The fourth-order valence-electron chi connectivity index (χ4n) is 6.73. The van der Waals surface area contributed by atoms with E-state index in [-0.39, 0.29) is 36.0 Å². The molecule has 0 bridgehead atoms. The van der Waals surface area contributed by atoms with E-state index in [0.29, 0.717) is 12.5 Å². The molecule has 2 saturated heterocycles. The normalized spacial score (nSPS) is 33.7. The molecule has 1 saturated carbocycles. The first-order valence-corrected chi connectivity index (χ1v) is 13.2. The van der Waals surface area contributed by atoms with Crippen LogP contribution in [0.2, 0.25) is 0 Å². The number of ether oxygens (including phenoxy) is 1. The molecule has 3 aliphatic heterocycles. The Morgan fingerprint density at radius 2 is 1.97 bits per heavy atom. The number of amides is 1. The Morgan fingerprint density at radius 1 is 1.24 bits per heavy atom. The minimum atomic E-state index is -0.904. The van der Waals surface area contributed by atoms with E-state index in [1.54, 1.807) is 7.11 Å². The van der Waals surface area contributed by atoms with Crippen LogP contribution in [0.3, 0.4) is 0 Å². The Balaban J connectivity index is 1.46. The van der Waals surface area contributed by atoms with Crippen LogP contribution in [0.25, 0.3) is 0 Å². The zero-order valence-electron chi connectivity index (χ0n) is 20.6. The Bertz CT molecular complexity index is 744. The molecule has 0 radical (unpaired) electrons. The van der Waals surface area contributed by atoms with Crippen molar-refractivity contribution in [1.29, 1.82) is 0 Å². The molecule has 1 aliphatic carbocycles. The van der Waals surface area contributed by atoms with Gasteiger partial charge in [-0.15, -0.1) is 4.67 Å². The highest BCUT2D eigenvalue weighted by molar-refractivity contribution is 5.85. The number of rotatable bonds is 6. The van der Waals surface area contributed by atoms with Crippen molar-refractivity contribution in [1.82, 2.24) is 20.2 Å². The molecule has 4 aliphatic rings. The smallest absolute Gasteiger partial charge is 0.292 e. The number of nitrogens with one attached hydrogen (secondary N) is 2. The van der Waals surface area contributed by atoms with Crippen LogP contribution in [-0.4, -0.2) is 86.5 Å². The summed E-state index contributed by atoms with van der Waals surface area (Å²) >= 11 is 0. The number of carbonyl (C=O) groups excluding carboxylic acids is 1. The Labute approximate surface area is 203 Å². The van der Waals surface area contributed by atoms with Gasteiger partial charge in [0.15, 0.2) is 0 Å². The molecule has 8 nitrogen and oxygen atoms in total. The minimum absolute atomic E-state index is 0.0886. The molecule has 5 unspecified atom stereocenters. The van der Waals surface area contributed by atoms with Gasteiger partial charge in [0.1, 0.15) is 12.2 Å². The maximum absolute atomic E-state index is 14.5. The summed E-state index contributed by atoms with van der Waals surface area (Å²) in [6.07, 6.45) is 11.9. The highest BCUT2D eigenvalue weighted by atomic mass is 19.1. The second-order valence-corrected chi connectivity index (χ2v) is 11.0. The summed E-state index contributed by atoms with van der Waals surface area (Å²) in [5, 5.41) is 6.57. The summed E-state index contributed by atoms with van der Waals surface area (Å²) in [6, 6.07) is -0.295. The van der Waals surface area contributed by atoms with Crippen LogP contribution in [0.5, 0.6) is 0 Å². The van der Waals surface area contributed by atoms with Crippen LogP contribution in [0.15, 0.2) is 0 Å². The van der Waals surface area contributed by atoms with Gasteiger partial charge in [0, 0.05) is 32.8 Å². The topological polar surface area (TPSA) is 120 Å². The summed E-state index contributed by atoms with van der Waals surface area (Å²) in [5.41, 5.74) is 12.5. The van der Waals surface area contributed by atoms with E-state index >= 15 is 0 Å². The monoisotopic (exact) mass is 479 g/mol. The van der Waals surface area contributed by atoms with Gasteiger partial charge in [0.05, 0.1) is 30.7 Å². The van der Waals surface area contributed by atoms with Gasteiger partial charge in [-0.3, -0.25) is 9.69 Å². The number of hydrogen-bond acceptors (Lipinski definition) is 6. The third kappa shape index (κ3) is 6.07. The maximum Gasteiger partial charge on any atom is 0.292 e. The molecule has 192 valence electrons. The van der Waals surface area contributed by atoms with Gasteiger partial charge in [-0.05, 0) is 50.4 Å². The van der Waals surface area contributed by atoms with E-state index in [1.165, 1.54) is 12.8 Å². The van der Waals surface area contributed by atoms with Crippen LogP contribution in [0, 0.1) is 11.3 Å². The van der Waals surface area contributed by atoms with E-state index in [9.17, 15) is 9.18 Å². The zero-order valence-corrected chi connectivity index (χ0v) is 20.6. The van der Waals surface area contributed by atoms with Crippen molar-refractivity contribution in [2.24, 2.45) is 22.8 Å². The number of carbonyl (C=O) groups is 1. The molecular formula is C25H44FN6O2+. The lowest BCUT2D eigenvalue weighted by Gasteiger charge is -2.41. The third-order valence-corrected chi connectivity index (χ3v) is 8.76. The van der Waals surface area contributed by atoms with Gasteiger partial charge in [-0.25, -0.2) is 4.39 Å². The number of nitrogens with two attached hydrogens (primary N) is 2. The van der Waals surface area contributed by atoms with Crippen molar-refractivity contribution in [2.45, 2.75) is 101 Å². The van der Waals surface area contributed by atoms with E-state index in [0.717, 1.165) is 58.0 Å². The fraction of sp³-hybridized carbons (Fsp3) is 0.880. The predicted octanol–water partition coefficient (Wildman–Crippen LogP) is 0.463. The number of halogens is 1. The van der Waals surface area contributed by atoms with E-state index in [4.69, 9.17) is 16.2 Å². The van der Waals surface area contributed by atoms with Crippen LogP contribution in [0.4, 0.5) is 4.39 Å². The van der Waals surface area contributed by atoms with E-state index in [2.05, 4.69) is 20.2 Å². The molecule has 3 fully saturated rings. The predicted molar refractivity (Wildman–Crippen MR) is 133 cm³/mol. The molecule has 0 aromatic rings. The lowest BCUT2D eigenvalue weighted by atomic mass is 9.72. The summed E-state index contributed by atoms with van der Waals surface area (Å²) in [6.45, 7) is 2.11. The molecule has 4 rings (SSSR count). The Hall–Kier alpha value is -1.35. The molecule has 34 heavy (non-hydrogen) atoms. The quantitative estimate of drug-likeness (QED) is 0.325. The van der Waals surface area contributed by atoms with Crippen molar-refractivity contribution >= 4 is 18.3 Å². The molecule has 1 amide bonds. The Morgan fingerprint density at radius 3 is 2.65 bits per heavy atom. The summed E-state index contributed by atoms with van der Waals surface area (Å²) < 4.78 is 24.4. The van der Waals surface area contributed by atoms with Gasteiger partial charge < -0.3 is 26.8 Å². The van der Waals surface area contributed by atoms with Crippen LogP contribution >= 0.6 is 0 Å². The number of methoxy groups -OCH3 is 1. The lowest BCUT2D eigenvalue weighted by Crippen LogP contribution is -2.62. The zero-order chi connectivity index (χ0) is 24.1. The number of hydrogen-bond donors (Lipinski definition) is 4. The van der Waals surface area contributed by atoms with Crippen LogP contribution in [0.1, 0.15) is 64.2 Å². The first kappa shape index (κ1) is 25.7. The van der Waals surface area contributed by atoms with Crippen molar-refractivity contribution in [3.8, 4) is 0 Å². The van der Waals surface area contributed by atoms with Gasteiger partial charge in [-0.2, -0.15) is 0 Å². The molecule has 9 heteroatoms. The molecule has 0 aromatic heterocycles. The van der Waals surface area contributed by atoms with Crippen molar-refractivity contribution in [3.05, 3.63) is 0 Å². The maximum atomic E-state index is 14.5. The second kappa shape index (κ2) is 11.6. The highest BCUT2D eigenvalue weighted by Crippen LogP contribution is 2.47. The van der Waals surface area contributed by atoms with Crippen LogP contribution < -0.4 is 26.8 Å². The third-order valence-electron chi connectivity index (χ3n) is 8.76. The number of piperidine rings is 1. The minimum Gasteiger partial charge on any atom is -0.381 e. The summed E-state index contributed by atoms with van der Waals surface area (Å²) in [4.78, 5) is 16.1. The summed E-state index contributed by atoms with van der Waals surface area (Å²) in [5.74, 6) is -0.784. The molecular weight excluding hydrogens is 435 g/mol. The van der Waals surface area contributed by atoms with Gasteiger partial charge in [0.25, 0.3) is 12.4 Å². The number of likely N-dealkylation sites (tertiary alicyclic amines) is 1. The SMILES string of the molecule is COC1CCN(C2CC=[N+]=CC2NC(=O)C(C(N)N)C2CC3(CCCC3)CCC(F)CN2)CC1. The van der Waals surface area contributed by atoms with Gasteiger partial charge >= 0.3 is 0 Å². The van der Waals surface area contributed by atoms with Crippen molar-refractivity contribution < 1.29 is 13.9 Å². The first-order chi connectivity index (χ1) is 16.4. The average Bonchev–Trinajstić information content (AvgIpc) is 3.29. The van der Waals surface area contributed by atoms with Crippen molar-refractivity contribution in [3.63, 3.8) is 0 Å².